The van der Waals surface area contributed by atoms with Gasteiger partial charge in [0.25, 0.3) is 0 Å². The molecule has 0 aliphatic heterocycles. The number of anilines is 2. The van der Waals surface area contributed by atoms with E-state index in [0.29, 0.717) is 25.5 Å². The van der Waals surface area contributed by atoms with Crippen LogP contribution in [-0.2, 0) is 4.74 Å². The SMILES string of the molecule is CCC(CCC(C)(C)O)Nc1nc(NCCOC)ncc1-c1nc2c(C)nccc2s1. The molecule has 0 fully saturated rings. The molecular weight excluding hydrogens is 412 g/mol. The zero-order valence-corrected chi connectivity index (χ0v) is 19.7. The maximum Gasteiger partial charge on any atom is 0.224 e. The molecule has 0 aliphatic carbocycles. The van der Waals surface area contributed by atoms with Gasteiger partial charge in [0.1, 0.15) is 16.3 Å². The Labute approximate surface area is 187 Å². The first-order valence-corrected chi connectivity index (χ1v) is 11.4. The van der Waals surface area contributed by atoms with Gasteiger partial charge in [0.2, 0.25) is 5.95 Å². The molecule has 0 radical (unpaired) electrons. The van der Waals surface area contributed by atoms with E-state index in [-0.39, 0.29) is 6.04 Å². The summed E-state index contributed by atoms with van der Waals surface area (Å²) in [5.41, 5.74) is 1.97. The summed E-state index contributed by atoms with van der Waals surface area (Å²) < 4.78 is 6.19. The lowest BCUT2D eigenvalue weighted by molar-refractivity contribution is 0.0672. The summed E-state index contributed by atoms with van der Waals surface area (Å²) in [5, 5.41) is 17.8. The summed E-state index contributed by atoms with van der Waals surface area (Å²) in [7, 11) is 1.66. The Balaban J connectivity index is 1.93. The Hall–Kier alpha value is -2.36. The second-order valence-electron chi connectivity index (χ2n) is 8.24. The number of thiazole rings is 1. The van der Waals surface area contributed by atoms with Gasteiger partial charge in [-0.25, -0.2) is 9.97 Å². The summed E-state index contributed by atoms with van der Waals surface area (Å²) >= 11 is 1.61. The average molecular weight is 445 g/mol. The van der Waals surface area contributed by atoms with E-state index in [0.717, 1.165) is 45.1 Å². The van der Waals surface area contributed by atoms with Crippen molar-refractivity contribution in [2.75, 3.05) is 30.9 Å². The molecule has 1 atom stereocenters. The van der Waals surface area contributed by atoms with Gasteiger partial charge in [0.15, 0.2) is 0 Å². The van der Waals surface area contributed by atoms with E-state index in [1.807, 2.05) is 39.2 Å². The molecule has 3 rings (SSSR count). The Morgan fingerprint density at radius 2 is 2.06 bits per heavy atom. The lowest BCUT2D eigenvalue weighted by Crippen LogP contribution is -2.26. The van der Waals surface area contributed by atoms with Crippen molar-refractivity contribution in [3.63, 3.8) is 0 Å². The summed E-state index contributed by atoms with van der Waals surface area (Å²) in [6.45, 7) is 8.97. The third-order valence-electron chi connectivity index (χ3n) is 5.04. The summed E-state index contributed by atoms with van der Waals surface area (Å²) in [5.74, 6) is 1.28. The van der Waals surface area contributed by atoms with Crippen LogP contribution in [0.1, 0.15) is 45.7 Å². The van der Waals surface area contributed by atoms with Crippen molar-refractivity contribution in [3.8, 4) is 10.6 Å². The van der Waals surface area contributed by atoms with E-state index in [2.05, 4.69) is 27.5 Å². The fourth-order valence-corrected chi connectivity index (χ4v) is 4.22. The molecule has 3 aromatic heterocycles. The number of rotatable bonds is 11. The van der Waals surface area contributed by atoms with E-state index in [9.17, 15) is 5.11 Å². The van der Waals surface area contributed by atoms with Gasteiger partial charge in [-0.15, -0.1) is 11.3 Å². The van der Waals surface area contributed by atoms with Crippen LogP contribution in [0.25, 0.3) is 20.8 Å². The number of pyridine rings is 1. The molecule has 3 N–H and O–H groups in total. The summed E-state index contributed by atoms with van der Waals surface area (Å²) in [6, 6.07) is 2.15. The molecule has 0 aliphatic rings. The largest absolute Gasteiger partial charge is 0.390 e. The van der Waals surface area contributed by atoms with E-state index < -0.39 is 5.60 Å². The molecule has 0 amide bonds. The van der Waals surface area contributed by atoms with Crippen LogP contribution in [-0.4, -0.2) is 56.9 Å². The standard InChI is InChI=1S/C22H32N6O2S/c1-6-15(7-9-22(3,4)29)26-19-16(13-25-21(28-19)24-11-12-30-5)20-27-18-14(2)23-10-8-17(18)31-20/h8,10,13,15,29H,6-7,9,11-12H2,1-5H3,(H2,24,25,26,28). The van der Waals surface area contributed by atoms with Crippen LogP contribution in [0.4, 0.5) is 11.8 Å². The third-order valence-corrected chi connectivity index (χ3v) is 6.09. The molecule has 0 bridgehead atoms. The van der Waals surface area contributed by atoms with Gasteiger partial charge in [-0.05, 0) is 46.1 Å². The van der Waals surface area contributed by atoms with Crippen molar-refractivity contribution in [2.45, 2.75) is 58.6 Å². The first kappa shape index (κ1) is 23.3. The molecular formula is C22H32N6O2S. The van der Waals surface area contributed by atoms with Crippen LogP contribution in [0, 0.1) is 6.92 Å². The van der Waals surface area contributed by atoms with Crippen LogP contribution in [0.5, 0.6) is 0 Å². The van der Waals surface area contributed by atoms with Crippen molar-refractivity contribution >= 4 is 33.3 Å². The molecule has 0 spiro atoms. The van der Waals surface area contributed by atoms with Crippen molar-refractivity contribution in [2.24, 2.45) is 0 Å². The monoisotopic (exact) mass is 444 g/mol. The highest BCUT2D eigenvalue weighted by molar-refractivity contribution is 7.21. The van der Waals surface area contributed by atoms with Crippen LogP contribution in [0.15, 0.2) is 18.5 Å². The number of nitrogens with zero attached hydrogens (tertiary/aromatic N) is 4. The Bertz CT molecular complexity index is 1000. The molecule has 0 saturated heterocycles. The van der Waals surface area contributed by atoms with E-state index >= 15 is 0 Å². The minimum atomic E-state index is -0.700. The minimum absolute atomic E-state index is 0.171. The number of aromatic nitrogens is 4. The van der Waals surface area contributed by atoms with E-state index in [1.54, 1.807) is 18.4 Å². The Morgan fingerprint density at radius 3 is 2.74 bits per heavy atom. The van der Waals surface area contributed by atoms with Gasteiger partial charge in [0.05, 0.1) is 28.2 Å². The van der Waals surface area contributed by atoms with E-state index in [1.165, 1.54) is 0 Å². The van der Waals surface area contributed by atoms with Gasteiger partial charge in [-0.2, -0.15) is 4.98 Å². The molecule has 1 unspecified atom stereocenters. The van der Waals surface area contributed by atoms with Crippen LogP contribution >= 0.6 is 11.3 Å². The smallest absolute Gasteiger partial charge is 0.224 e. The van der Waals surface area contributed by atoms with Crippen LogP contribution < -0.4 is 10.6 Å². The molecule has 9 heteroatoms. The number of ether oxygens (including phenoxy) is 1. The van der Waals surface area contributed by atoms with E-state index in [4.69, 9.17) is 14.7 Å². The first-order valence-electron chi connectivity index (χ1n) is 10.6. The predicted octanol–water partition coefficient (Wildman–Crippen LogP) is 4.26. The maximum atomic E-state index is 10.1. The topological polar surface area (TPSA) is 105 Å². The Kier molecular flexibility index (Phi) is 7.74. The first-order chi connectivity index (χ1) is 14.8. The lowest BCUT2D eigenvalue weighted by atomic mass is 9.98. The quantitative estimate of drug-likeness (QED) is 0.377. The maximum absolute atomic E-state index is 10.1. The molecule has 3 aromatic rings. The number of methoxy groups -OCH3 is 1. The third kappa shape index (κ3) is 6.32. The highest BCUT2D eigenvalue weighted by Crippen LogP contribution is 2.35. The van der Waals surface area contributed by atoms with Gasteiger partial charge in [-0.3, -0.25) is 4.98 Å². The summed E-state index contributed by atoms with van der Waals surface area (Å²) in [6.07, 6.45) is 6.06. The zero-order chi connectivity index (χ0) is 22.4. The van der Waals surface area contributed by atoms with Crippen LogP contribution in [0.2, 0.25) is 0 Å². The highest BCUT2D eigenvalue weighted by atomic mass is 32.1. The van der Waals surface area contributed by atoms with Crippen molar-refractivity contribution in [1.82, 2.24) is 19.9 Å². The highest BCUT2D eigenvalue weighted by Gasteiger charge is 2.20. The van der Waals surface area contributed by atoms with Gasteiger partial charge in [0, 0.05) is 32.1 Å². The minimum Gasteiger partial charge on any atom is -0.390 e. The fourth-order valence-electron chi connectivity index (χ4n) is 3.19. The van der Waals surface area contributed by atoms with Crippen LogP contribution in [0.3, 0.4) is 0 Å². The predicted molar refractivity (Wildman–Crippen MR) is 127 cm³/mol. The Morgan fingerprint density at radius 1 is 1.26 bits per heavy atom. The fraction of sp³-hybridized carbons (Fsp3) is 0.545. The number of fused-ring (bicyclic) bond motifs is 1. The number of nitrogens with one attached hydrogen (secondary N) is 2. The summed E-state index contributed by atoms with van der Waals surface area (Å²) in [4.78, 5) is 18.4. The molecule has 0 saturated carbocycles. The average Bonchev–Trinajstić information content (AvgIpc) is 3.16. The van der Waals surface area contributed by atoms with Gasteiger partial charge >= 0.3 is 0 Å². The van der Waals surface area contributed by atoms with Gasteiger partial charge < -0.3 is 20.5 Å². The normalized spacial score (nSPS) is 12.8. The number of aryl methyl sites for hydroxylation is 1. The van der Waals surface area contributed by atoms with Crippen molar-refractivity contribution in [1.29, 1.82) is 0 Å². The second kappa shape index (κ2) is 10.3. The number of hydrogen-bond donors (Lipinski definition) is 3. The molecule has 3 heterocycles. The number of aliphatic hydroxyl groups is 1. The lowest BCUT2D eigenvalue weighted by Gasteiger charge is -2.23. The molecule has 8 nitrogen and oxygen atoms in total. The van der Waals surface area contributed by atoms with Crippen molar-refractivity contribution in [3.05, 3.63) is 24.2 Å². The zero-order valence-electron chi connectivity index (χ0n) is 18.9. The molecule has 168 valence electrons. The second-order valence-corrected chi connectivity index (χ2v) is 9.27. The molecule has 31 heavy (non-hydrogen) atoms. The van der Waals surface area contributed by atoms with Crippen molar-refractivity contribution < 1.29 is 9.84 Å². The van der Waals surface area contributed by atoms with Gasteiger partial charge in [-0.1, -0.05) is 6.92 Å². The number of hydrogen-bond acceptors (Lipinski definition) is 9. The molecule has 0 aromatic carbocycles.